The fourth-order valence-electron chi connectivity index (χ4n) is 1.24. The zero-order chi connectivity index (χ0) is 13.3. The summed E-state index contributed by atoms with van der Waals surface area (Å²) in [6.45, 7) is 7.66. The molecule has 1 heterocycles. The van der Waals surface area contributed by atoms with Gasteiger partial charge in [0.1, 0.15) is 5.76 Å². The van der Waals surface area contributed by atoms with E-state index in [1.165, 1.54) is 0 Å². The molecule has 0 saturated heterocycles. The second kappa shape index (κ2) is 4.82. The van der Waals surface area contributed by atoms with Crippen molar-refractivity contribution in [3.63, 3.8) is 0 Å². The van der Waals surface area contributed by atoms with Gasteiger partial charge in [-0.3, -0.25) is 4.79 Å². The first-order chi connectivity index (χ1) is 7.67. The lowest BCUT2D eigenvalue weighted by Crippen LogP contribution is -2.54. The first-order valence-corrected chi connectivity index (χ1v) is 6.19. The number of furan rings is 1. The molecule has 0 spiro atoms. The number of carboxylic acid groups (broad SMARTS) is 1. The Hall–Kier alpha value is -0.810. The lowest BCUT2D eigenvalue weighted by Gasteiger charge is -2.38. The molecule has 0 aliphatic carbocycles. The van der Waals surface area contributed by atoms with Gasteiger partial charge in [-0.05, 0) is 55.8 Å². The second-order valence-electron chi connectivity index (χ2n) is 5.11. The van der Waals surface area contributed by atoms with Gasteiger partial charge in [-0.1, -0.05) is 0 Å². The van der Waals surface area contributed by atoms with Crippen molar-refractivity contribution in [1.29, 1.82) is 0 Å². The molecule has 0 aliphatic heterocycles. The predicted molar refractivity (Wildman–Crippen MR) is 68.7 cm³/mol. The van der Waals surface area contributed by atoms with Gasteiger partial charge in [-0.2, -0.15) is 0 Å². The molecule has 1 rings (SSSR count). The van der Waals surface area contributed by atoms with Crippen molar-refractivity contribution < 1.29 is 14.3 Å². The van der Waals surface area contributed by atoms with Crippen LogP contribution in [0.4, 0.5) is 0 Å². The summed E-state index contributed by atoms with van der Waals surface area (Å²) >= 11 is 3.23. The van der Waals surface area contributed by atoms with E-state index in [0.717, 1.165) is 5.76 Å². The van der Waals surface area contributed by atoms with E-state index in [1.807, 2.05) is 26.0 Å². The quantitative estimate of drug-likeness (QED) is 0.878. The van der Waals surface area contributed by atoms with E-state index >= 15 is 0 Å². The second-order valence-corrected chi connectivity index (χ2v) is 5.90. The monoisotopic (exact) mass is 303 g/mol. The minimum Gasteiger partial charge on any atom is -0.481 e. The topological polar surface area (TPSA) is 62.5 Å². The maximum atomic E-state index is 11.2. The SMILES string of the molecule is CC(C)(NCc1ccc(Br)o1)C(C)(C)C(=O)O. The summed E-state index contributed by atoms with van der Waals surface area (Å²) in [6, 6.07) is 3.66. The van der Waals surface area contributed by atoms with Crippen molar-refractivity contribution in [2.45, 2.75) is 39.8 Å². The molecule has 0 amide bonds. The van der Waals surface area contributed by atoms with Crippen molar-refractivity contribution in [2.24, 2.45) is 5.41 Å². The van der Waals surface area contributed by atoms with Crippen LogP contribution in [-0.4, -0.2) is 16.6 Å². The summed E-state index contributed by atoms with van der Waals surface area (Å²) < 4.78 is 6.03. The molecule has 1 aromatic heterocycles. The van der Waals surface area contributed by atoms with Gasteiger partial charge in [0, 0.05) is 5.54 Å². The molecule has 5 heteroatoms. The van der Waals surface area contributed by atoms with Gasteiger partial charge in [0.25, 0.3) is 0 Å². The van der Waals surface area contributed by atoms with Gasteiger partial charge in [-0.25, -0.2) is 0 Å². The average molecular weight is 304 g/mol. The van der Waals surface area contributed by atoms with E-state index in [1.54, 1.807) is 13.8 Å². The number of halogens is 1. The van der Waals surface area contributed by atoms with Crippen LogP contribution in [0.25, 0.3) is 0 Å². The highest BCUT2D eigenvalue weighted by Gasteiger charge is 2.43. The van der Waals surface area contributed by atoms with E-state index in [4.69, 9.17) is 4.42 Å². The summed E-state index contributed by atoms with van der Waals surface area (Å²) in [5.41, 5.74) is -1.41. The van der Waals surface area contributed by atoms with Crippen LogP contribution in [0.3, 0.4) is 0 Å². The zero-order valence-electron chi connectivity index (χ0n) is 10.5. The number of nitrogens with one attached hydrogen (secondary N) is 1. The van der Waals surface area contributed by atoms with Crippen molar-refractivity contribution in [3.8, 4) is 0 Å². The van der Waals surface area contributed by atoms with Gasteiger partial charge >= 0.3 is 5.97 Å². The number of hydrogen-bond donors (Lipinski definition) is 2. The van der Waals surface area contributed by atoms with Gasteiger partial charge < -0.3 is 14.8 Å². The van der Waals surface area contributed by atoms with Crippen LogP contribution >= 0.6 is 15.9 Å². The smallest absolute Gasteiger partial charge is 0.310 e. The average Bonchev–Trinajstić information content (AvgIpc) is 2.61. The third kappa shape index (κ3) is 3.10. The maximum absolute atomic E-state index is 11.2. The lowest BCUT2D eigenvalue weighted by atomic mass is 9.74. The summed E-state index contributed by atoms with van der Waals surface area (Å²) in [5, 5.41) is 12.4. The first-order valence-electron chi connectivity index (χ1n) is 5.39. The molecule has 96 valence electrons. The third-order valence-corrected chi connectivity index (χ3v) is 3.86. The Balaban J connectivity index is 2.70. The summed E-state index contributed by atoms with van der Waals surface area (Å²) in [4.78, 5) is 11.2. The van der Waals surface area contributed by atoms with Crippen LogP contribution in [0.15, 0.2) is 21.2 Å². The molecule has 0 aliphatic rings. The van der Waals surface area contributed by atoms with Crippen molar-refractivity contribution in [3.05, 3.63) is 22.6 Å². The molecule has 0 unspecified atom stereocenters. The molecule has 1 aromatic rings. The number of rotatable bonds is 5. The van der Waals surface area contributed by atoms with Crippen LogP contribution < -0.4 is 5.32 Å². The highest BCUT2D eigenvalue weighted by molar-refractivity contribution is 9.10. The Morgan fingerprint density at radius 3 is 2.41 bits per heavy atom. The van der Waals surface area contributed by atoms with E-state index < -0.39 is 16.9 Å². The van der Waals surface area contributed by atoms with E-state index in [9.17, 15) is 9.90 Å². The highest BCUT2D eigenvalue weighted by Crippen LogP contribution is 2.31. The number of carboxylic acids is 1. The summed E-state index contributed by atoms with van der Waals surface area (Å²) in [5.74, 6) is -0.0539. The minimum atomic E-state index is -0.864. The third-order valence-electron chi connectivity index (χ3n) is 3.43. The maximum Gasteiger partial charge on any atom is 0.310 e. The molecule has 4 nitrogen and oxygen atoms in total. The first kappa shape index (κ1) is 14.3. The molecular weight excluding hydrogens is 286 g/mol. The fourth-order valence-corrected chi connectivity index (χ4v) is 1.58. The van der Waals surface area contributed by atoms with Crippen molar-refractivity contribution in [1.82, 2.24) is 5.32 Å². The number of carbonyl (C=O) groups is 1. The van der Waals surface area contributed by atoms with Crippen LogP contribution in [0.2, 0.25) is 0 Å². The van der Waals surface area contributed by atoms with Crippen LogP contribution in [0.1, 0.15) is 33.5 Å². The van der Waals surface area contributed by atoms with Crippen molar-refractivity contribution in [2.75, 3.05) is 0 Å². The standard InChI is InChI=1S/C12H18BrNO3/c1-11(2,10(15)16)12(3,4)14-7-8-5-6-9(13)17-8/h5-6,14H,7H2,1-4H3,(H,15,16). The Morgan fingerprint density at radius 1 is 1.41 bits per heavy atom. The number of aliphatic carboxylic acids is 1. The van der Waals surface area contributed by atoms with Crippen LogP contribution in [0.5, 0.6) is 0 Å². The Morgan fingerprint density at radius 2 is 2.00 bits per heavy atom. The van der Waals surface area contributed by atoms with Crippen molar-refractivity contribution >= 4 is 21.9 Å². The van der Waals surface area contributed by atoms with Crippen LogP contribution in [-0.2, 0) is 11.3 Å². The van der Waals surface area contributed by atoms with E-state index in [2.05, 4.69) is 21.2 Å². The largest absolute Gasteiger partial charge is 0.481 e. The van der Waals surface area contributed by atoms with Gasteiger partial charge in [0.15, 0.2) is 4.67 Å². The summed E-state index contributed by atoms with van der Waals surface area (Å²) in [6.07, 6.45) is 0. The molecule has 0 bridgehead atoms. The molecular formula is C12H18BrNO3. The molecule has 0 radical (unpaired) electrons. The minimum absolute atomic E-state index is 0.495. The normalized spacial score (nSPS) is 12.8. The van der Waals surface area contributed by atoms with Gasteiger partial charge in [0.2, 0.25) is 0 Å². The lowest BCUT2D eigenvalue weighted by molar-refractivity contribution is -0.151. The Bertz CT molecular complexity index is 410. The molecule has 17 heavy (non-hydrogen) atoms. The molecule has 0 aromatic carbocycles. The molecule has 0 fully saturated rings. The highest BCUT2D eigenvalue weighted by atomic mass is 79.9. The fraction of sp³-hybridized carbons (Fsp3) is 0.583. The predicted octanol–water partition coefficient (Wildman–Crippen LogP) is 3.02. The van der Waals surface area contributed by atoms with E-state index in [0.29, 0.717) is 11.2 Å². The van der Waals surface area contributed by atoms with Gasteiger partial charge in [-0.15, -0.1) is 0 Å². The van der Waals surface area contributed by atoms with E-state index in [-0.39, 0.29) is 0 Å². The Kier molecular flexibility index (Phi) is 4.04. The summed E-state index contributed by atoms with van der Waals surface area (Å²) in [7, 11) is 0. The molecule has 0 saturated carbocycles. The Labute approximate surface area is 110 Å². The van der Waals surface area contributed by atoms with Gasteiger partial charge in [0.05, 0.1) is 12.0 Å². The molecule has 2 N–H and O–H groups in total. The zero-order valence-corrected chi connectivity index (χ0v) is 12.1. The van der Waals surface area contributed by atoms with Crippen LogP contribution in [0, 0.1) is 5.41 Å². The number of hydrogen-bond acceptors (Lipinski definition) is 3. The molecule has 0 atom stereocenters.